The van der Waals surface area contributed by atoms with Gasteiger partial charge in [-0.2, -0.15) is 0 Å². The molecular formula is C18H23NO3. The predicted molar refractivity (Wildman–Crippen MR) is 85.0 cm³/mol. The van der Waals surface area contributed by atoms with Crippen molar-refractivity contribution in [3.05, 3.63) is 35.9 Å². The van der Waals surface area contributed by atoms with Gasteiger partial charge in [0.25, 0.3) is 0 Å². The van der Waals surface area contributed by atoms with Crippen molar-refractivity contribution in [2.75, 3.05) is 19.8 Å². The largest absolute Gasteiger partial charge is 0.486 e. The van der Waals surface area contributed by atoms with Crippen LogP contribution in [0, 0.1) is 5.92 Å². The Kier molecular flexibility index (Phi) is 4.66. The molecule has 1 aliphatic heterocycles. The number of hydrogen-bond acceptors (Lipinski definition) is 3. The van der Waals surface area contributed by atoms with E-state index in [1.807, 2.05) is 30.0 Å². The van der Waals surface area contributed by atoms with Crippen molar-refractivity contribution < 1.29 is 14.3 Å². The fourth-order valence-corrected chi connectivity index (χ4v) is 3.00. The van der Waals surface area contributed by atoms with Crippen LogP contribution in [0.25, 0.3) is 0 Å². The summed E-state index contributed by atoms with van der Waals surface area (Å²) in [6.07, 6.45) is 7.18. The molecule has 0 fully saturated rings. The standard InChI is InChI=1S/C18H23NO3/c1-2-19(18(20)12-14-5-3-4-6-14)13-15-7-8-16-17(11-15)22-10-9-21-16/h3,5,7-8,11,14H,2,4,6,9-10,12-13H2,1H3/t14-/m0/s1. The Balaban J connectivity index is 1.64. The molecule has 1 heterocycles. The normalized spacial score (nSPS) is 19.2. The number of ether oxygens (including phenoxy) is 2. The van der Waals surface area contributed by atoms with Crippen LogP contribution in [-0.4, -0.2) is 30.6 Å². The zero-order valence-electron chi connectivity index (χ0n) is 13.1. The van der Waals surface area contributed by atoms with Gasteiger partial charge in [-0.15, -0.1) is 0 Å². The fraction of sp³-hybridized carbons (Fsp3) is 0.500. The third kappa shape index (κ3) is 3.43. The summed E-state index contributed by atoms with van der Waals surface area (Å²) in [5.41, 5.74) is 1.08. The van der Waals surface area contributed by atoms with Crippen LogP contribution >= 0.6 is 0 Å². The zero-order valence-corrected chi connectivity index (χ0v) is 13.1. The van der Waals surface area contributed by atoms with Crippen LogP contribution in [0.15, 0.2) is 30.4 Å². The van der Waals surface area contributed by atoms with E-state index in [0.717, 1.165) is 36.4 Å². The van der Waals surface area contributed by atoms with Crippen molar-refractivity contribution in [1.29, 1.82) is 0 Å². The highest BCUT2D eigenvalue weighted by atomic mass is 16.6. The van der Waals surface area contributed by atoms with E-state index in [1.54, 1.807) is 0 Å². The minimum atomic E-state index is 0.230. The van der Waals surface area contributed by atoms with Crippen molar-refractivity contribution >= 4 is 5.91 Å². The van der Waals surface area contributed by atoms with Crippen molar-refractivity contribution in [3.8, 4) is 11.5 Å². The number of allylic oxidation sites excluding steroid dienone is 2. The first-order valence-corrected chi connectivity index (χ1v) is 8.09. The monoisotopic (exact) mass is 301 g/mol. The molecule has 0 aromatic heterocycles. The molecule has 1 aromatic carbocycles. The molecule has 4 heteroatoms. The highest BCUT2D eigenvalue weighted by Crippen LogP contribution is 2.31. The van der Waals surface area contributed by atoms with Crippen LogP contribution < -0.4 is 9.47 Å². The van der Waals surface area contributed by atoms with E-state index < -0.39 is 0 Å². The van der Waals surface area contributed by atoms with Crippen LogP contribution in [0.4, 0.5) is 0 Å². The van der Waals surface area contributed by atoms with Gasteiger partial charge in [0.15, 0.2) is 11.5 Å². The number of carbonyl (C=O) groups is 1. The van der Waals surface area contributed by atoms with E-state index in [9.17, 15) is 4.79 Å². The van der Waals surface area contributed by atoms with Crippen LogP contribution in [-0.2, 0) is 11.3 Å². The highest BCUT2D eigenvalue weighted by molar-refractivity contribution is 5.76. The Labute approximate surface area is 131 Å². The summed E-state index contributed by atoms with van der Waals surface area (Å²) in [5, 5.41) is 0. The van der Waals surface area contributed by atoms with Gasteiger partial charge in [0, 0.05) is 19.5 Å². The van der Waals surface area contributed by atoms with Crippen molar-refractivity contribution in [2.24, 2.45) is 5.92 Å². The molecule has 0 N–H and O–H groups in total. The molecule has 1 atom stereocenters. The van der Waals surface area contributed by atoms with Gasteiger partial charge < -0.3 is 14.4 Å². The Morgan fingerprint density at radius 2 is 2.09 bits per heavy atom. The molecule has 4 nitrogen and oxygen atoms in total. The van der Waals surface area contributed by atoms with E-state index >= 15 is 0 Å². The second-order valence-electron chi connectivity index (χ2n) is 5.86. The molecule has 0 saturated heterocycles. The Hall–Kier alpha value is -1.97. The molecule has 0 bridgehead atoms. The second-order valence-corrected chi connectivity index (χ2v) is 5.86. The van der Waals surface area contributed by atoms with Gasteiger partial charge in [-0.3, -0.25) is 4.79 Å². The molecule has 1 amide bonds. The summed E-state index contributed by atoms with van der Waals surface area (Å²) in [7, 11) is 0. The summed E-state index contributed by atoms with van der Waals surface area (Å²) >= 11 is 0. The maximum atomic E-state index is 12.5. The lowest BCUT2D eigenvalue weighted by molar-refractivity contribution is -0.132. The van der Waals surface area contributed by atoms with Gasteiger partial charge in [0.1, 0.15) is 13.2 Å². The lowest BCUT2D eigenvalue weighted by Crippen LogP contribution is -2.31. The molecule has 2 aliphatic rings. The number of benzene rings is 1. The van der Waals surface area contributed by atoms with Gasteiger partial charge in [-0.1, -0.05) is 18.2 Å². The van der Waals surface area contributed by atoms with Gasteiger partial charge >= 0.3 is 0 Å². The van der Waals surface area contributed by atoms with E-state index in [4.69, 9.17) is 9.47 Å². The average molecular weight is 301 g/mol. The van der Waals surface area contributed by atoms with E-state index in [-0.39, 0.29) is 5.91 Å². The number of carbonyl (C=O) groups excluding carboxylic acids is 1. The number of fused-ring (bicyclic) bond motifs is 1. The molecule has 1 aromatic rings. The first-order valence-electron chi connectivity index (χ1n) is 8.09. The third-order valence-electron chi connectivity index (χ3n) is 4.26. The molecule has 0 saturated carbocycles. The molecule has 3 rings (SSSR count). The van der Waals surface area contributed by atoms with Crippen LogP contribution in [0.2, 0.25) is 0 Å². The first-order chi connectivity index (χ1) is 10.8. The maximum Gasteiger partial charge on any atom is 0.223 e. The minimum absolute atomic E-state index is 0.230. The third-order valence-corrected chi connectivity index (χ3v) is 4.26. The average Bonchev–Trinajstić information content (AvgIpc) is 3.05. The summed E-state index contributed by atoms with van der Waals surface area (Å²) < 4.78 is 11.1. The SMILES string of the molecule is CCN(Cc1ccc2c(c1)OCCO2)C(=O)C[C@H]1C=CCC1. The number of nitrogens with zero attached hydrogens (tertiary/aromatic N) is 1. The summed E-state index contributed by atoms with van der Waals surface area (Å²) in [6.45, 7) is 4.56. The predicted octanol–water partition coefficient (Wildman–Crippen LogP) is 3.16. The van der Waals surface area contributed by atoms with Gasteiger partial charge in [0.05, 0.1) is 0 Å². The first kappa shape index (κ1) is 14.9. The minimum Gasteiger partial charge on any atom is -0.486 e. The van der Waals surface area contributed by atoms with E-state index in [2.05, 4.69) is 12.2 Å². The molecule has 118 valence electrons. The van der Waals surface area contributed by atoms with Gasteiger partial charge in [-0.05, 0) is 43.4 Å². The summed E-state index contributed by atoms with van der Waals surface area (Å²) in [6, 6.07) is 5.93. The van der Waals surface area contributed by atoms with E-state index in [1.165, 1.54) is 0 Å². The maximum absolute atomic E-state index is 12.5. The summed E-state index contributed by atoms with van der Waals surface area (Å²) in [5.74, 6) is 2.22. The topological polar surface area (TPSA) is 38.8 Å². The Bertz CT molecular complexity index is 567. The van der Waals surface area contributed by atoms with Crippen LogP contribution in [0.1, 0.15) is 31.7 Å². The molecule has 1 aliphatic carbocycles. The van der Waals surface area contributed by atoms with Crippen molar-refractivity contribution in [1.82, 2.24) is 4.90 Å². The number of hydrogen-bond donors (Lipinski definition) is 0. The van der Waals surface area contributed by atoms with Gasteiger partial charge in [0.2, 0.25) is 5.91 Å². The van der Waals surface area contributed by atoms with Crippen LogP contribution in [0.3, 0.4) is 0 Å². The lowest BCUT2D eigenvalue weighted by atomic mass is 10.0. The lowest BCUT2D eigenvalue weighted by Gasteiger charge is -2.24. The smallest absolute Gasteiger partial charge is 0.223 e. The van der Waals surface area contributed by atoms with Gasteiger partial charge in [-0.25, -0.2) is 0 Å². The molecule has 0 spiro atoms. The fourth-order valence-electron chi connectivity index (χ4n) is 3.00. The summed E-state index contributed by atoms with van der Waals surface area (Å²) in [4.78, 5) is 14.4. The second kappa shape index (κ2) is 6.86. The molecule has 0 unspecified atom stereocenters. The number of rotatable bonds is 5. The quantitative estimate of drug-likeness (QED) is 0.784. The Morgan fingerprint density at radius 3 is 2.82 bits per heavy atom. The number of amides is 1. The van der Waals surface area contributed by atoms with Crippen molar-refractivity contribution in [3.63, 3.8) is 0 Å². The van der Waals surface area contributed by atoms with Crippen molar-refractivity contribution in [2.45, 2.75) is 32.7 Å². The highest BCUT2D eigenvalue weighted by Gasteiger charge is 2.19. The molecular weight excluding hydrogens is 278 g/mol. The molecule has 0 radical (unpaired) electrons. The molecule has 22 heavy (non-hydrogen) atoms. The Morgan fingerprint density at radius 1 is 1.27 bits per heavy atom. The van der Waals surface area contributed by atoms with E-state index in [0.29, 0.717) is 32.1 Å². The zero-order chi connectivity index (χ0) is 15.4. The van der Waals surface area contributed by atoms with Crippen LogP contribution in [0.5, 0.6) is 11.5 Å².